The van der Waals surface area contributed by atoms with Crippen LogP contribution in [0, 0.1) is 11.8 Å². The van der Waals surface area contributed by atoms with Crippen LogP contribution in [0.5, 0.6) is 11.5 Å². The van der Waals surface area contributed by atoms with Crippen molar-refractivity contribution in [3.63, 3.8) is 0 Å². The normalized spacial score (nSPS) is 15.2. The highest BCUT2D eigenvalue weighted by Gasteiger charge is 2.25. The number of carboxylic acids is 1. The first-order chi connectivity index (χ1) is 16.3. The fourth-order valence-electron chi connectivity index (χ4n) is 4.82. The molecule has 186 valence electrons. The molecule has 3 rings (SSSR count). The van der Waals surface area contributed by atoms with Crippen LogP contribution in [0.3, 0.4) is 0 Å². The van der Waals surface area contributed by atoms with E-state index in [0.717, 1.165) is 24.1 Å². The molecule has 2 aromatic rings. The lowest BCUT2D eigenvalue weighted by Crippen LogP contribution is -2.37. The van der Waals surface area contributed by atoms with Crippen LogP contribution >= 0.6 is 0 Å². The Bertz CT molecular complexity index is 957. The summed E-state index contributed by atoms with van der Waals surface area (Å²) in [6.45, 7) is 4.71. The molecule has 1 aliphatic rings. The minimum Gasteiger partial charge on any atom is -0.496 e. The molecule has 2 N–H and O–H groups in total. The van der Waals surface area contributed by atoms with Crippen molar-refractivity contribution < 1.29 is 24.2 Å². The monoisotopic (exact) mass is 471 g/mol. The van der Waals surface area contributed by atoms with E-state index in [1.807, 2.05) is 36.7 Å². The van der Waals surface area contributed by atoms with E-state index in [1.165, 1.54) is 19.3 Å². The summed E-state index contributed by atoms with van der Waals surface area (Å²) in [5, 5.41) is 16.9. The first kappa shape index (κ1) is 25.6. The molecule has 1 atom stereocenters. The third-order valence-electron chi connectivity index (χ3n) is 6.36. The van der Waals surface area contributed by atoms with Crippen LogP contribution in [0.4, 0.5) is 0 Å². The van der Waals surface area contributed by atoms with Gasteiger partial charge in [0.25, 0.3) is 5.91 Å². The standard InChI is InChI=1S/C26H37N3O5/c1-17(2)13-19(14-24(30)31)27-26(32)20-15-21(25-22(33-3)11-8-12-23(25)34-4)29(28-20)16-18-9-6-5-7-10-18/h8,11-12,15,17-19H,5-7,9-10,13-14,16H2,1-4H3,(H,27,32)(H,30,31)/t19-/m0/s1. The summed E-state index contributed by atoms with van der Waals surface area (Å²) >= 11 is 0. The molecule has 8 heteroatoms. The van der Waals surface area contributed by atoms with Crippen molar-refractivity contribution in [3.8, 4) is 22.8 Å². The molecule has 0 radical (unpaired) electrons. The number of aliphatic carboxylic acids is 1. The minimum atomic E-state index is -0.937. The number of carboxylic acid groups (broad SMARTS) is 1. The first-order valence-electron chi connectivity index (χ1n) is 12.1. The Morgan fingerprint density at radius 1 is 1.15 bits per heavy atom. The molecule has 1 aromatic carbocycles. The molecule has 1 aliphatic carbocycles. The van der Waals surface area contributed by atoms with Gasteiger partial charge in [0.05, 0.1) is 31.9 Å². The summed E-state index contributed by atoms with van der Waals surface area (Å²) in [6.07, 6.45) is 6.40. The van der Waals surface area contributed by atoms with Gasteiger partial charge >= 0.3 is 5.97 Å². The number of rotatable bonds is 11. The number of methoxy groups -OCH3 is 2. The zero-order valence-corrected chi connectivity index (χ0v) is 20.7. The van der Waals surface area contributed by atoms with Gasteiger partial charge in [0, 0.05) is 12.6 Å². The smallest absolute Gasteiger partial charge is 0.305 e. The molecule has 0 aliphatic heterocycles. The van der Waals surface area contributed by atoms with Gasteiger partial charge in [-0.15, -0.1) is 0 Å². The van der Waals surface area contributed by atoms with E-state index in [9.17, 15) is 14.7 Å². The second-order valence-corrected chi connectivity index (χ2v) is 9.54. The third-order valence-corrected chi connectivity index (χ3v) is 6.36. The summed E-state index contributed by atoms with van der Waals surface area (Å²) < 4.78 is 13.1. The van der Waals surface area contributed by atoms with E-state index in [-0.39, 0.29) is 23.9 Å². The number of nitrogens with one attached hydrogen (secondary N) is 1. The van der Waals surface area contributed by atoms with Crippen molar-refractivity contribution in [3.05, 3.63) is 30.0 Å². The van der Waals surface area contributed by atoms with E-state index in [2.05, 4.69) is 10.4 Å². The third kappa shape index (κ3) is 6.52. The van der Waals surface area contributed by atoms with Crippen molar-refractivity contribution in [2.24, 2.45) is 11.8 Å². The summed E-state index contributed by atoms with van der Waals surface area (Å²) in [5.41, 5.74) is 1.76. The minimum absolute atomic E-state index is 0.125. The number of hydrogen-bond donors (Lipinski definition) is 2. The van der Waals surface area contributed by atoms with Gasteiger partial charge in [0.2, 0.25) is 0 Å². The number of benzene rings is 1. The topological polar surface area (TPSA) is 103 Å². The number of ether oxygens (including phenoxy) is 2. The Kier molecular flexibility index (Phi) is 8.96. The SMILES string of the molecule is COc1cccc(OC)c1-c1cc(C(=O)N[C@H](CC(=O)O)CC(C)C)nn1CC1CCCCC1. The quantitative estimate of drug-likeness (QED) is 0.490. The lowest BCUT2D eigenvalue weighted by atomic mass is 9.89. The van der Waals surface area contributed by atoms with E-state index in [0.29, 0.717) is 30.4 Å². The Morgan fingerprint density at radius 2 is 1.79 bits per heavy atom. The van der Waals surface area contributed by atoms with Crippen LogP contribution in [0.25, 0.3) is 11.3 Å². The van der Waals surface area contributed by atoms with Gasteiger partial charge in [-0.2, -0.15) is 5.10 Å². The van der Waals surface area contributed by atoms with Crippen LogP contribution in [0.15, 0.2) is 24.3 Å². The predicted octanol–water partition coefficient (Wildman–Crippen LogP) is 4.77. The largest absolute Gasteiger partial charge is 0.496 e. The second-order valence-electron chi connectivity index (χ2n) is 9.54. The van der Waals surface area contributed by atoms with Crippen molar-refractivity contribution in [2.45, 2.75) is 71.4 Å². The van der Waals surface area contributed by atoms with Crippen molar-refractivity contribution in [1.82, 2.24) is 15.1 Å². The molecular weight excluding hydrogens is 434 g/mol. The Balaban J connectivity index is 1.98. The average molecular weight is 472 g/mol. The summed E-state index contributed by atoms with van der Waals surface area (Å²) in [6, 6.07) is 6.88. The molecule has 1 heterocycles. The maximum Gasteiger partial charge on any atom is 0.305 e. The maximum atomic E-state index is 13.2. The van der Waals surface area contributed by atoms with Gasteiger partial charge in [-0.25, -0.2) is 0 Å². The molecular formula is C26H37N3O5. The van der Waals surface area contributed by atoms with E-state index >= 15 is 0 Å². The zero-order chi connectivity index (χ0) is 24.7. The number of carbonyl (C=O) groups is 2. The number of hydrogen-bond acceptors (Lipinski definition) is 5. The highest BCUT2D eigenvalue weighted by Crippen LogP contribution is 2.39. The Hall–Kier alpha value is -3.03. The molecule has 0 unspecified atom stereocenters. The van der Waals surface area contributed by atoms with Crippen molar-refractivity contribution >= 4 is 11.9 Å². The van der Waals surface area contributed by atoms with Gasteiger partial charge in [-0.1, -0.05) is 39.2 Å². The molecule has 1 saturated carbocycles. The fourth-order valence-corrected chi connectivity index (χ4v) is 4.82. The molecule has 1 amide bonds. The van der Waals surface area contributed by atoms with Crippen LogP contribution in [0.1, 0.15) is 69.3 Å². The molecule has 34 heavy (non-hydrogen) atoms. The summed E-state index contributed by atoms with van der Waals surface area (Å²) in [7, 11) is 3.21. The second kappa shape index (κ2) is 11.9. The maximum absolute atomic E-state index is 13.2. The zero-order valence-electron chi connectivity index (χ0n) is 20.7. The van der Waals surface area contributed by atoms with Crippen LogP contribution < -0.4 is 14.8 Å². The van der Waals surface area contributed by atoms with Gasteiger partial charge in [-0.3, -0.25) is 14.3 Å². The highest BCUT2D eigenvalue weighted by atomic mass is 16.5. The van der Waals surface area contributed by atoms with Crippen LogP contribution in [-0.2, 0) is 11.3 Å². The number of carbonyl (C=O) groups excluding carboxylic acids is 1. The van der Waals surface area contributed by atoms with Crippen LogP contribution in [0.2, 0.25) is 0 Å². The molecule has 1 aromatic heterocycles. The van der Waals surface area contributed by atoms with Crippen molar-refractivity contribution in [1.29, 1.82) is 0 Å². The van der Waals surface area contributed by atoms with Gasteiger partial charge in [0.15, 0.2) is 5.69 Å². The number of aromatic nitrogens is 2. The van der Waals surface area contributed by atoms with Gasteiger partial charge in [0.1, 0.15) is 11.5 Å². The molecule has 0 saturated heterocycles. The molecule has 8 nitrogen and oxygen atoms in total. The van der Waals surface area contributed by atoms with E-state index < -0.39 is 12.0 Å². The predicted molar refractivity (Wildman–Crippen MR) is 130 cm³/mol. The lowest BCUT2D eigenvalue weighted by molar-refractivity contribution is -0.137. The first-order valence-corrected chi connectivity index (χ1v) is 12.1. The van der Waals surface area contributed by atoms with Gasteiger partial charge in [-0.05, 0) is 49.3 Å². The molecule has 0 bridgehead atoms. The van der Waals surface area contributed by atoms with E-state index in [1.54, 1.807) is 20.3 Å². The molecule has 1 fully saturated rings. The van der Waals surface area contributed by atoms with Crippen molar-refractivity contribution in [2.75, 3.05) is 14.2 Å². The average Bonchev–Trinajstić information content (AvgIpc) is 3.21. The summed E-state index contributed by atoms with van der Waals surface area (Å²) in [5.74, 6) is 0.712. The van der Waals surface area contributed by atoms with Crippen LogP contribution in [-0.4, -0.2) is 47.0 Å². The lowest BCUT2D eigenvalue weighted by Gasteiger charge is -2.23. The highest BCUT2D eigenvalue weighted by molar-refractivity contribution is 5.94. The summed E-state index contributed by atoms with van der Waals surface area (Å²) in [4.78, 5) is 24.5. The Labute approximate surface area is 201 Å². The fraction of sp³-hybridized carbons (Fsp3) is 0.577. The molecule has 0 spiro atoms. The Morgan fingerprint density at radius 3 is 2.35 bits per heavy atom. The van der Waals surface area contributed by atoms with Gasteiger partial charge < -0.3 is 19.9 Å². The number of amides is 1. The number of nitrogens with zero attached hydrogens (tertiary/aromatic N) is 2. The van der Waals surface area contributed by atoms with E-state index in [4.69, 9.17) is 9.47 Å².